The van der Waals surface area contributed by atoms with Gasteiger partial charge in [0.05, 0.1) is 0 Å². The maximum atomic E-state index is 12.5. The lowest BCUT2D eigenvalue weighted by atomic mass is 10.2. The number of rotatable bonds is 5. The summed E-state index contributed by atoms with van der Waals surface area (Å²) in [6, 6.07) is 18.2. The lowest BCUT2D eigenvalue weighted by Crippen LogP contribution is -2.14. The van der Waals surface area contributed by atoms with Crippen molar-refractivity contribution in [1.82, 2.24) is 0 Å². The van der Waals surface area contributed by atoms with Gasteiger partial charge in [-0.05, 0) is 60.7 Å². The average molecular weight is 383 g/mol. The quantitative estimate of drug-likeness (QED) is 0.460. The van der Waals surface area contributed by atoms with E-state index in [1.165, 1.54) is 48.5 Å². The van der Waals surface area contributed by atoms with Gasteiger partial charge < -0.3 is 21.0 Å². The van der Waals surface area contributed by atoms with Gasteiger partial charge >= 0.3 is 10.1 Å². The fraction of sp³-hybridized carbons (Fsp3) is 0. The first-order valence-corrected chi connectivity index (χ1v) is 9.31. The Kier molecular flexibility index (Phi) is 5.00. The molecule has 0 aliphatic carbocycles. The summed E-state index contributed by atoms with van der Waals surface area (Å²) in [6.07, 6.45) is 0. The predicted octanol–water partition coefficient (Wildman–Crippen LogP) is 2.87. The summed E-state index contributed by atoms with van der Waals surface area (Å²) in [5, 5.41) is 2.67. The third-order valence-electron chi connectivity index (χ3n) is 3.62. The normalized spacial score (nSPS) is 11.0. The molecule has 138 valence electrons. The van der Waals surface area contributed by atoms with E-state index in [2.05, 4.69) is 5.32 Å². The minimum atomic E-state index is -4.10. The van der Waals surface area contributed by atoms with Crippen LogP contribution in [0.5, 0.6) is 5.75 Å². The lowest BCUT2D eigenvalue weighted by molar-refractivity contribution is 0.102. The van der Waals surface area contributed by atoms with Gasteiger partial charge in [0.1, 0.15) is 10.6 Å². The monoisotopic (exact) mass is 383 g/mol. The highest BCUT2D eigenvalue weighted by Crippen LogP contribution is 2.21. The zero-order valence-electron chi connectivity index (χ0n) is 14.1. The summed E-state index contributed by atoms with van der Waals surface area (Å²) in [5.74, 6) is -0.344. The summed E-state index contributed by atoms with van der Waals surface area (Å²) in [6.45, 7) is 0. The predicted molar refractivity (Wildman–Crippen MR) is 104 cm³/mol. The standard InChI is InChI=1S/C19H17N3O4S/c20-14-7-9-17(10-8-14)26-27(24,25)18-6-1-3-13(11-18)19(23)22-16-5-2-4-15(21)12-16/h1-12H,20-21H2,(H,22,23). The van der Waals surface area contributed by atoms with Crippen molar-refractivity contribution in [2.24, 2.45) is 0 Å². The number of benzene rings is 3. The third kappa shape index (κ3) is 4.56. The van der Waals surface area contributed by atoms with Crippen LogP contribution in [0.1, 0.15) is 10.4 Å². The first-order chi connectivity index (χ1) is 12.8. The summed E-state index contributed by atoms with van der Waals surface area (Å²) in [4.78, 5) is 12.3. The summed E-state index contributed by atoms with van der Waals surface area (Å²) in [5.41, 5.74) is 12.9. The molecule has 0 saturated carbocycles. The number of nitrogens with one attached hydrogen (secondary N) is 1. The molecular formula is C19H17N3O4S. The highest BCUT2D eigenvalue weighted by Gasteiger charge is 2.19. The molecule has 7 nitrogen and oxygen atoms in total. The number of anilines is 3. The Bertz CT molecular complexity index is 1080. The van der Waals surface area contributed by atoms with Crippen LogP contribution in [0.3, 0.4) is 0 Å². The molecule has 0 aliphatic rings. The van der Waals surface area contributed by atoms with E-state index in [1.54, 1.807) is 24.3 Å². The van der Waals surface area contributed by atoms with Crippen molar-refractivity contribution in [3.05, 3.63) is 78.4 Å². The van der Waals surface area contributed by atoms with Crippen molar-refractivity contribution in [2.75, 3.05) is 16.8 Å². The molecule has 5 N–H and O–H groups in total. The number of carbonyl (C=O) groups is 1. The van der Waals surface area contributed by atoms with Gasteiger partial charge in [0.15, 0.2) is 0 Å². The average Bonchev–Trinajstić information content (AvgIpc) is 2.63. The summed E-state index contributed by atoms with van der Waals surface area (Å²) in [7, 11) is -4.10. The third-order valence-corrected chi connectivity index (χ3v) is 4.86. The molecule has 8 heteroatoms. The molecule has 0 heterocycles. The summed E-state index contributed by atoms with van der Waals surface area (Å²) >= 11 is 0. The minimum absolute atomic E-state index is 0.124. The Balaban J connectivity index is 1.81. The van der Waals surface area contributed by atoms with Crippen LogP contribution in [-0.2, 0) is 10.1 Å². The van der Waals surface area contributed by atoms with E-state index < -0.39 is 16.0 Å². The van der Waals surface area contributed by atoms with Crippen LogP contribution < -0.4 is 21.0 Å². The zero-order chi connectivity index (χ0) is 19.4. The molecule has 3 aromatic carbocycles. The molecule has 3 rings (SSSR count). The molecule has 3 aromatic rings. The molecule has 0 unspecified atom stereocenters. The second kappa shape index (κ2) is 7.38. The number of nitrogen functional groups attached to an aromatic ring is 2. The molecular weight excluding hydrogens is 366 g/mol. The van der Waals surface area contributed by atoms with Crippen molar-refractivity contribution in [2.45, 2.75) is 4.90 Å². The van der Waals surface area contributed by atoms with Crippen LogP contribution in [0.15, 0.2) is 77.7 Å². The van der Waals surface area contributed by atoms with Crippen LogP contribution in [0.2, 0.25) is 0 Å². The molecule has 1 amide bonds. The minimum Gasteiger partial charge on any atom is -0.399 e. The molecule has 0 radical (unpaired) electrons. The Labute approximate surface area is 156 Å². The van der Waals surface area contributed by atoms with Crippen molar-refractivity contribution in [1.29, 1.82) is 0 Å². The lowest BCUT2D eigenvalue weighted by Gasteiger charge is -2.09. The second-order valence-corrected chi connectivity index (χ2v) is 7.26. The first kappa shape index (κ1) is 18.3. The Morgan fingerprint density at radius 2 is 1.56 bits per heavy atom. The van der Waals surface area contributed by atoms with Crippen LogP contribution in [-0.4, -0.2) is 14.3 Å². The summed E-state index contributed by atoms with van der Waals surface area (Å²) < 4.78 is 30.0. The van der Waals surface area contributed by atoms with Gasteiger partial charge in [-0.1, -0.05) is 12.1 Å². The highest BCUT2D eigenvalue weighted by molar-refractivity contribution is 7.87. The van der Waals surface area contributed by atoms with E-state index in [4.69, 9.17) is 15.7 Å². The van der Waals surface area contributed by atoms with Gasteiger partial charge in [0.25, 0.3) is 5.91 Å². The van der Waals surface area contributed by atoms with E-state index >= 15 is 0 Å². The fourth-order valence-corrected chi connectivity index (χ4v) is 3.29. The number of hydrogen-bond donors (Lipinski definition) is 3. The fourth-order valence-electron chi connectivity index (χ4n) is 2.31. The van der Waals surface area contributed by atoms with Gasteiger partial charge in [0.2, 0.25) is 0 Å². The van der Waals surface area contributed by atoms with Crippen LogP contribution >= 0.6 is 0 Å². The Hall–Kier alpha value is -3.52. The van der Waals surface area contributed by atoms with Crippen LogP contribution in [0.25, 0.3) is 0 Å². The molecule has 27 heavy (non-hydrogen) atoms. The SMILES string of the molecule is Nc1ccc(OS(=O)(=O)c2cccc(C(=O)Nc3cccc(N)c3)c2)cc1. The number of amides is 1. The topological polar surface area (TPSA) is 125 Å². The largest absolute Gasteiger partial charge is 0.399 e. The highest BCUT2D eigenvalue weighted by atomic mass is 32.2. The molecule has 0 bridgehead atoms. The number of hydrogen-bond acceptors (Lipinski definition) is 6. The molecule has 0 aliphatic heterocycles. The van der Waals surface area contributed by atoms with E-state index in [9.17, 15) is 13.2 Å². The molecule has 0 aromatic heterocycles. The van der Waals surface area contributed by atoms with E-state index in [0.29, 0.717) is 17.1 Å². The van der Waals surface area contributed by atoms with Gasteiger partial charge in [-0.3, -0.25) is 4.79 Å². The van der Waals surface area contributed by atoms with Crippen molar-refractivity contribution < 1.29 is 17.4 Å². The van der Waals surface area contributed by atoms with Crippen LogP contribution in [0, 0.1) is 0 Å². The number of nitrogens with two attached hydrogens (primary N) is 2. The van der Waals surface area contributed by atoms with Gasteiger partial charge in [-0.15, -0.1) is 0 Å². The smallest absolute Gasteiger partial charge is 0.339 e. The van der Waals surface area contributed by atoms with E-state index in [0.717, 1.165) is 0 Å². The van der Waals surface area contributed by atoms with Crippen molar-refractivity contribution in [3.63, 3.8) is 0 Å². The van der Waals surface area contributed by atoms with Gasteiger partial charge in [-0.25, -0.2) is 0 Å². The maximum absolute atomic E-state index is 12.5. The van der Waals surface area contributed by atoms with Crippen molar-refractivity contribution >= 4 is 33.1 Å². The van der Waals surface area contributed by atoms with Gasteiger partial charge in [0, 0.05) is 22.6 Å². The Morgan fingerprint density at radius 1 is 0.852 bits per heavy atom. The van der Waals surface area contributed by atoms with Crippen LogP contribution in [0.4, 0.5) is 17.1 Å². The van der Waals surface area contributed by atoms with E-state index in [1.807, 2.05) is 0 Å². The maximum Gasteiger partial charge on any atom is 0.339 e. The molecule has 0 spiro atoms. The molecule has 0 fully saturated rings. The van der Waals surface area contributed by atoms with Crippen molar-refractivity contribution in [3.8, 4) is 5.75 Å². The molecule has 0 atom stereocenters. The zero-order valence-corrected chi connectivity index (χ0v) is 14.9. The number of carbonyl (C=O) groups excluding carboxylic acids is 1. The second-order valence-electron chi connectivity index (χ2n) is 5.71. The first-order valence-electron chi connectivity index (χ1n) is 7.90. The van der Waals surface area contributed by atoms with E-state index in [-0.39, 0.29) is 16.2 Å². The van der Waals surface area contributed by atoms with Gasteiger partial charge in [-0.2, -0.15) is 8.42 Å². The molecule has 0 saturated heterocycles. The Morgan fingerprint density at radius 3 is 2.26 bits per heavy atom.